The molecule has 16 heteroatoms. The van der Waals surface area contributed by atoms with E-state index in [1.807, 2.05) is 21.9 Å². The molecule has 6 aliphatic rings. The fraction of sp³-hybridized carbons (Fsp3) is 0.517. The Morgan fingerprint density at radius 3 is 1.30 bits per heavy atom. The van der Waals surface area contributed by atoms with E-state index in [-0.39, 0.29) is 72.6 Å². The topological polar surface area (TPSA) is 147 Å². The highest BCUT2D eigenvalue weighted by atomic mass is 19.1. The maximum atomic E-state index is 15.7. The molecule has 0 aliphatic carbocycles. The van der Waals surface area contributed by atoms with Gasteiger partial charge in [-0.2, -0.15) is 0 Å². The van der Waals surface area contributed by atoms with Crippen LogP contribution in [0.3, 0.4) is 0 Å². The number of piperidine rings is 2. The summed E-state index contributed by atoms with van der Waals surface area (Å²) >= 11 is 0. The molecule has 0 unspecified atom stereocenters. The lowest BCUT2D eigenvalue weighted by Gasteiger charge is -2.32. The Hall–Kier alpha value is -5.94. The molecule has 6 aliphatic heterocycles. The minimum atomic E-state index is -0.742. The van der Waals surface area contributed by atoms with Gasteiger partial charge in [-0.15, -0.1) is 0 Å². The van der Waals surface area contributed by atoms with Crippen molar-refractivity contribution < 1.29 is 47.6 Å². The summed E-state index contributed by atoms with van der Waals surface area (Å²) in [5, 5.41) is 21.7. The molecule has 2 saturated heterocycles. The lowest BCUT2D eigenvalue weighted by atomic mass is 9.89. The molecule has 14 nitrogen and oxygen atoms in total. The monoisotopic (exact) mass is 1020 g/mol. The zero-order chi connectivity index (χ0) is 51.9. The lowest BCUT2D eigenvalue weighted by molar-refractivity contribution is -0.131. The van der Waals surface area contributed by atoms with Crippen molar-refractivity contribution >= 4 is 23.6 Å². The largest absolute Gasteiger partial charge is 0.491 e. The van der Waals surface area contributed by atoms with E-state index in [2.05, 4.69) is 46.2 Å². The van der Waals surface area contributed by atoms with Gasteiger partial charge < -0.3 is 39.3 Å². The van der Waals surface area contributed by atoms with Gasteiger partial charge in [0.05, 0.1) is 25.3 Å². The molecule has 0 bridgehead atoms. The summed E-state index contributed by atoms with van der Waals surface area (Å²) in [7, 11) is 0. The number of carbonyl (C=O) groups excluding carboxylic acids is 4. The second kappa shape index (κ2) is 24.2. The van der Waals surface area contributed by atoms with Crippen LogP contribution in [0.4, 0.5) is 8.78 Å². The fourth-order valence-electron chi connectivity index (χ4n) is 11.7. The second-order valence-corrected chi connectivity index (χ2v) is 21.1. The molecule has 6 heterocycles. The zero-order valence-electron chi connectivity index (χ0n) is 43.0. The third-order valence-corrected chi connectivity index (χ3v) is 16.0. The summed E-state index contributed by atoms with van der Waals surface area (Å²) in [5.74, 6) is -0.701. The van der Waals surface area contributed by atoms with Gasteiger partial charge in [-0.3, -0.25) is 29.0 Å². The number of amides is 4. The van der Waals surface area contributed by atoms with E-state index in [1.165, 1.54) is 32.1 Å². The van der Waals surface area contributed by atoms with Crippen LogP contribution in [0.15, 0.2) is 72.8 Å². The van der Waals surface area contributed by atoms with Gasteiger partial charge in [0.2, 0.25) is 11.8 Å². The van der Waals surface area contributed by atoms with Crippen molar-refractivity contribution in [3.8, 4) is 11.5 Å². The minimum absolute atomic E-state index is 0.0322. The number of nitrogens with zero attached hydrogens (tertiary/aromatic N) is 6. The molecule has 74 heavy (non-hydrogen) atoms. The Kier molecular flexibility index (Phi) is 17.3. The molecule has 10 rings (SSSR count). The average Bonchev–Trinajstić information content (AvgIpc) is 3.65. The van der Waals surface area contributed by atoms with Crippen LogP contribution in [0.2, 0.25) is 0 Å². The molecule has 4 aromatic carbocycles. The maximum absolute atomic E-state index is 15.7. The van der Waals surface area contributed by atoms with E-state index >= 15 is 8.78 Å². The first kappa shape index (κ1) is 52.9. The standard InChI is InChI=1S/2C29H36FN3O4/c2*1-20(34)32-12-8-21(9-13-32)16-23-6-7-26-27(28(23)30)29(36)33(14-15-37-26)19-25(35)18-31-11-10-22-4-2-3-5-24(22)17-31/h2*2-7,21,25,35H,8-19H2,1H3/t2*25-/m10/s1. The first-order valence-corrected chi connectivity index (χ1v) is 26.7. The van der Waals surface area contributed by atoms with E-state index in [4.69, 9.17) is 9.47 Å². The molecule has 2 atom stereocenters. The molecule has 2 N–H and O–H groups in total. The Morgan fingerprint density at radius 1 is 0.541 bits per heavy atom. The summed E-state index contributed by atoms with van der Waals surface area (Å²) < 4.78 is 42.9. The van der Waals surface area contributed by atoms with Crippen LogP contribution in [0, 0.1) is 23.5 Å². The van der Waals surface area contributed by atoms with Crippen molar-refractivity contribution in [1.29, 1.82) is 0 Å². The summed E-state index contributed by atoms with van der Waals surface area (Å²) in [6, 6.07) is 23.5. The van der Waals surface area contributed by atoms with Crippen molar-refractivity contribution in [2.75, 3.05) is 91.8 Å². The first-order valence-electron chi connectivity index (χ1n) is 26.7. The number of carbonyl (C=O) groups is 4. The van der Waals surface area contributed by atoms with Crippen molar-refractivity contribution in [3.63, 3.8) is 0 Å². The molecule has 2 fully saturated rings. The Balaban J connectivity index is 0.000000182. The summed E-state index contributed by atoms with van der Waals surface area (Å²) in [5.41, 5.74) is 6.19. The Labute approximate surface area is 433 Å². The van der Waals surface area contributed by atoms with Gasteiger partial charge >= 0.3 is 0 Å². The van der Waals surface area contributed by atoms with Crippen LogP contribution in [-0.4, -0.2) is 167 Å². The van der Waals surface area contributed by atoms with Gasteiger partial charge in [-0.1, -0.05) is 60.7 Å². The summed E-state index contributed by atoms with van der Waals surface area (Å²) in [4.78, 5) is 61.2. The van der Waals surface area contributed by atoms with Gasteiger partial charge in [0.15, 0.2) is 0 Å². The third kappa shape index (κ3) is 12.8. The van der Waals surface area contributed by atoms with E-state index < -0.39 is 35.7 Å². The predicted molar refractivity (Wildman–Crippen MR) is 276 cm³/mol. The van der Waals surface area contributed by atoms with Crippen molar-refractivity contribution in [1.82, 2.24) is 29.4 Å². The Morgan fingerprint density at radius 2 is 0.919 bits per heavy atom. The molecule has 0 saturated carbocycles. The smallest absolute Gasteiger partial charge is 0.260 e. The molecule has 0 radical (unpaired) electrons. The highest BCUT2D eigenvalue weighted by Gasteiger charge is 2.34. The van der Waals surface area contributed by atoms with E-state index in [0.29, 0.717) is 76.3 Å². The van der Waals surface area contributed by atoms with Crippen molar-refractivity contribution in [3.05, 3.63) is 129 Å². The third-order valence-electron chi connectivity index (χ3n) is 16.0. The van der Waals surface area contributed by atoms with Crippen LogP contribution >= 0.6 is 0 Å². The van der Waals surface area contributed by atoms with E-state index in [1.54, 1.807) is 38.1 Å². The number of hydrogen-bond acceptors (Lipinski definition) is 10. The molecule has 4 amide bonds. The van der Waals surface area contributed by atoms with Crippen LogP contribution in [0.5, 0.6) is 11.5 Å². The van der Waals surface area contributed by atoms with Gasteiger partial charge in [0, 0.05) is 92.4 Å². The van der Waals surface area contributed by atoms with Gasteiger partial charge in [0.1, 0.15) is 47.5 Å². The van der Waals surface area contributed by atoms with Gasteiger partial charge in [-0.05, 0) is 109 Å². The molecular formula is C58H72F2N6O8. The van der Waals surface area contributed by atoms with Crippen LogP contribution in [0.25, 0.3) is 0 Å². The van der Waals surface area contributed by atoms with Crippen LogP contribution in [0.1, 0.15) is 93.6 Å². The van der Waals surface area contributed by atoms with Crippen LogP contribution < -0.4 is 9.47 Å². The number of benzene rings is 4. The Bertz CT molecular complexity index is 2470. The predicted octanol–water partition coefficient (Wildman–Crippen LogP) is 5.76. The average molecular weight is 1020 g/mol. The van der Waals surface area contributed by atoms with Crippen molar-refractivity contribution in [2.45, 2.75) is 90.5 Å². The number of ether oxygens (including phenoxy) is 2. The zero-order valence-corrected chi connectivity index (χ0v) is 43.0. The number of aliphatic hydroxyl groups is 2. The lowest BCUT2D eigenvalue weighted by Crippen LogP contribution is -2.44. The highest BCUT2D eigenvalue weighted by Crippen LogP contribution is 2.34. The highest BCUT2D eigenvalue weighted by molar-refractivity contribution is 5.98. The van der Waals surface area contributed by atoms with E-state index in [0.717, 1.165) is 64.7 Å². The number of hydrogen-bond donors (Lipinski definition) is 2. The number of fused-ring (bicyclic) bond motifs is 4. The fourth-order valence-corrected chi connectivity index (χ4v) is 11.7. The normalized spacial score (nSPS) is 19.6. The minimum Gasteiger partial charge on any atom is -0.491 e. The first-order chi connectivity index (χ1) is 35.8. The molecule has 0 spiro atoms. The second-order valence-electron chi connectivity index (χ2n) is 21.1. The molecule has 0 aromatic heterocycles. The van der Waals surface area contributed by atoms with Crippen LogP contribution in [-0.2, 0) is 48.4 Å². The molecule has 4 aromatic rings. The summed E-state index contributed by atoms with van der Waals surface area (Å²) in [6.07, 6.45) is 4.72. The van der Waals surface area contributed by atoms with E-state index in [9.17, 15) is 29.4 Å². The van der Waals surface area contributed by atoms with Crippen molar-refractivity contribution in [2.24, 2.45) is 11.8 Å². The number of halogens is 2. The number of aliphatic hydroxyl groups excluding tert-OH is 2. The number of likely N-dealkylation sites (tertiary alicyclic amines) is 2. The molecular weight excluding hydrogens is 947 g/mol. The van der Waals surface area contributed by atoms with Gasteiger partial charge in [-0.25, -0.2) is 8.78 Å². The summed E-state index contributed by atoms with van der Waals surface area (Å²) in [6.45, 7) is 11.4. The molecule has 396 valence electrons. The number of rotatable bonds is 12. The quantitative estimate of drug-likeness (QED) is 0.180. The maximum Gasteiger partial charge on any atom is 0.260 e. The number of β-amino-alcohol motifs (C(OH)–C–C–N with tert-alkyl or cyclic N) is 2. The van der Waals surface area contributed by atoms with Gasteiger partial charge in [0.25, 0.3) is 11.8 Å². The SMILES string of the molecule is CC(=O)N1CCC(Cc2ccc3c(c2F)C(=O)N(C[C@@H](O)CN2CCc4ccccc4C2)CCO3)CC1.CC(=O)N1CCC(Cc2ccc3c(c2F)C(=O)N(C[C@H](O)CN2CCc4ccccc4C2)CCO3)CC1.